The summed E-state index contributed by atoms with van der Waals surface area (Å²) >= 11 is 0. The molecule has 0 saturated heterocycles. The van der Waals surface area contributed by atoms with Crippen LogP contribution in [0.3, 0.4) is 0 Å². The molecule has 0 unspecified atom stereocenters. The van der Waals surface area contributed by atoms with Crippen LogP contribution in [-0.2, 0) is 9.59 Å². The van der Waals surface area contributed by atoms with Gasteiger partial charge in [-0.05, 0) is 25.4 Å². The van der Waals surface area contributed by atoms with Crippen LogP contribution < -0.4 is 0 Å². The predicted octanol–water partition coefficient (Wildman–Crippen LogP) is 2.58. The largest absolute Gasteiger partial charge is 0.481 e. The first-order valence-corrected chi connectivity index (χ1v) is 6.81. The van der Waals surface area contributed by atoms with Crippen molar-refractivity contribution in [1.29, 1.82) is 0 Å². The van der Waals surface area contributed by atoms with Crippen molar-refractivity contribution in [3.8, 4) is 0 Å². The van der Waals surface area contributed by atoms with E-state index in [0.29, 0.717) is 7.92 Å². The molecule has 0 amide bonds. The zero-order chi connectivity index (χ0) is 11.6. The van der Waals surface area contributed by atoms with Crippen LogP contribution in [0, 0.1) is 0 Å². The summed E-state index contributed by atoms with van der Waals surface area (Å²) in [6, 6.07) is 0. The van der Waals surface area contributed by atoms with Crippen LogP contribution in [0.1, 0.15) is 34.1 Å². The minimum Gasteiger partial charge on any atom is -0.481 e. The average molecular weight is 220 g/mol. The third kappa shape index (κ3) is 14.1. The highest BCUT2D eigenvalue weighted by Crippen LogP contribution is 2.32. The third-order valence-electron chi connectivity index (χ3n) is 1.74. The van der Waals surface area contributed by atoms with E-state index in [1.165, 1.54) is 25.4 Å². The number of carboxylic acids is 1. The number of rotatable bonds is 5. The van der Waals surface area contributed by atoms with Gasteiger partial charge in [-0.25, -0.2) is 0 Å². The van der Waals surface area contributed by atoms with E-state index in [9.17, 15) is 9.59 Å². The van der Waals surface area contributed by atoms with E-state index < -0.39 is 5.97 Å². The Labute approximate surface area is 87.6 Å². The highest BCUT2D eigenvalue weighted by atomic mass is 31.1. The van der Waals surface area contributed by atoms with Gasteiger partial charge < -0.3 is 5.11 Å². The summed E-state index contributed by atoms with van der Waals surface area (Å²) in [7, 11) is 0.446. The lowest BCUT2D eigenvalue weighted by Crippen LogP contribution is -2.00. The summed E-state index contributed by atoms with van der Waals surface area (Å²) in [5.41, 5.74) is 0. The molecule has 0 fully saturated rings. The topological polar surface area (TPSA) is 54.4 Å². The molecule has 84 valence electrons. The van der Waals surface area contributed by atoms with E-state index in [0.717, 1.165) is 0 Å². The number of carboxylic acid groups (broad SMARTS) is 1. The molecule has 1 N–H and O–H groups in total. The lowest BCUT2D eigenvalue weighted by molar-refractivity contribution is -0.139. The highest BCUT2D eigenvalue weighted by Gasteiger charge is 1.98. The number of aliphatic carboxylic acids is 1. The van der Waals surface area contributed by atoms with Gasteiger partial charge in [-0.15, -0.1) is 7.92 Å². The van der Waals surface area contributed by atoms with Gasteiger partial charge in [0.1, 0.15) is 12.2 Å². The number of hydrogen-bond acceptors (Lipinski definition) is 2. The Bertz CT molecular complexity index is 147. The van der Waals surface area contributed by atoms with E-state index in [2.05, 4.69) is 20.8 Å². The third-order valence-corrected chi connectivity index (χ3v) is 4.43. The number of carbonyl (C=O) groups is 2. The molecule has 0 bridgehead atoms. The van der Waals surface area contributed by atoms with Crippen molar-refractivity contribution in [3.05, 3.63) is 0 Å². The number of hydrogen-bond donors (Lipinski definition) is 1. The van der Waals surface area contributed by atoms with Crippen LogP contribution >= 0.6 is 7.92 Å². The molecule has 3 nitrogen and oxygen atoms in total. The average Bonchev–Trinajstić information content (AvgIpc) is 2.06. The van der Waals surface area contributed by atoms with E-state index in [-0.39, 0.29) is 12.2 Å². The Hall–Kier alpha value is -0.430. The SMILES string of the molecule is CC(=O)CC(=O)O.CCP(CC)CC. The summed E-state index contributed by atoms with van der Waals surface area (Å²) in [6.45, 7) is 8.12. The van der Waals surface area contributed by atoms with Crippen molar-refractivity contribution < 1.29 is 14.7 Å². The van der Waals surface area contributed by atoms with E-state index >= 15 is 0 Å². The molecule has 0 heterocycles. The molecule has 0 aliphatic carbocycles. The fourth-order valence-corrected chi connectivity index (χ4v) is 2.23. The summed E-state index contributed by atoms with van der Waals surface area (Å²) in [5.74, 6) is -1.37. The maximum absolute atomic E-state index is 9.87. The Morgan fingerprint density at radius 1 is 1.07 bits per heavy atom. The lowest BCUT2D eigenvalue weighted by atomic mass is 10.3. The minimum atomic E-state index is -1.06. The van der Waals surface area contributed by atoms with E-state index in [1.807, 2.05) is 0 Å². The zero-order valence-corrected chi connectivity index (χ0v) is 10.4. The van der Waals surface area contributed by atoms with Crippen molar-refractivity contribution in [3.63, 3.8) is 0 Å². The van der Waals surface area contributed by atoms with Gasteiger partial charge in [0.25, 0.3) is 0 Å². The summed E-state index contributed by atoms with van der Waals surface area (Å²) < 4.78 is 0. The maximum Gasteiger partial charge on any atom is 0.310 e. The Kier molecular flexibility index (Phi) is 12.2. The Morgan fingerprint density at radius 2 is 1.43 bits per heavy atom. The normalized spacial score (nSPS) is 9.21. The van der Waals surface area contributed by atoms with Gasteiger partial charge in [-0.1, -0.05) is 20.8 Å². The number of ketones is 1. The smallest absolute Gasteiger partial charge is 0.310 e. The zero-order valence-electron chi connectivity index (χ0n) is 9.54. The molecule has 0 aromatic heterocycles. The molecule has 4 heteroatoms. The van der Waals surface area contributed by atoms with Crippen molar-refractivity contribution in [2.75, 3.05) is 18.5 Å². The monoisotopic (exact) mass is 220 g/mol. The summed E-state index contributed by atoms with van der Waals surface area (Å²) in [4.78, 5) is 19.5. The van der Waals surface area contributed by atoms with Crippen molar-refractivity contribution in [2.24, 2.45) is 0 Å². The van der Waals surface area contributed by atoms with Crippen LogP contribution in [0.15, 0.2) is 0 Å². The summed E-state index contributed by atoms with van der Waals surface area (Å²) in [5, 5.41) is 7.86. The van der Waals surface area contributed by atoms with E-state index in [1.54, 1.807) is 0 Å². The molecule has 0 saturated carbocycles. The van der Waals surface area contributed by atoms with Gasteiger partial charge in [0.05, 0.1) is 0 Å². The number of Topliss-reactive ketones (excluding diaryl/α,β-unsaturated/α-hetero) is 1. The van der Waals surface area contributed by atoms with Crippen molar-refractivity contribution in [1.82, 2.24) is 0 Å². The Morgan fingerprint density at radius 3 is 1.43 bits per heavy atom. The van der Waals surface area contributed by atoms with Gasteiger partial charge in [-0.3, -0.25) is 9.59 Å². The van der Waals surface area contributed by atoms with Crippen molar-refractivity contribution >= 4 is 19.7 Å². The van der Waals surface area contributed by atoms with Gasteiger partial charge >= 0.3 is 5.97 Å². The molecule has 0 rings (SSSR count). The van der Waals surface area contributed by atoms with Crippen molar-refractivity contribution in [2.45, 2.75) is 34.1 Å². The van der Waals surface area contributed by atoms with Crippen LogP contribution in [0.2, 0.25) is 0 Å². The molecule has 0 aromatic carbocycles. The van der Waals surface area contributed by atoms with Crippen LogP contribution in [-0.4, -0.2) is 35.3 Å². The van der Waals surface area contributed by atoms with E-state index in [4.69, 9.17) is 5.11 Å². The Balaban J connectivity index is 0. The van der Waals surface area contributed by atoms with Gasteiger partial charge in [0.2, 0.25) is 0 Å². The van der Waals surface area contributed by atoms with Gasteiger partial charge in [0, 0.05) is 0 Å². The molecule has 0 atom stereocenters. The first-order valence-electron chi connectivity index (χ1n) is 4.91. The van der Waals surface area contributed by atoms with Crippen LogP contribution in [0.4, 0.5) is 0 Å². The second kappa shape index (κ2) is 10.6. The van der Waals surface area contributed by atoms with Crippen LogP contribution in [0.5, 0.6) is 0 Å². The molecule has 0 aromatic rings. The second-order valence-electron chi connectivity index (χ2n) is 2.89. The standard InChI is InChI=1S/C6H15P.C4H6O3/c1-4-7(5-2)6-3;1-3(5)2-4(6)7/h4-6H2,1-3H3;2H2,1H3,(H,6,7). The first-order chi connectivity index (χ1) is 6.47. The first kappa shape index (κ1) is 16.0. The quantitative estimate of drug-likeness (QED) is 0.572. The molecule has 0 aliphatic heterocycles. The predicted molar refractivity (Wildman–Crippen MR) is 61.5 cm³/mol. The van der Waals surface area contributed by atoms with Gasteiger partial charge in [-0.2, -0.15) is 0 Å². The fraction of sp³-hybridized carbons (Fsp3) is 0.800. The fourth-order valence-electron chi connectivity index (χ4n) is 0.884. The minimum absolute atomic E-state index is 0.312. The molecule has 0 aliphatic rings. The second-order valence-corrected chi connectivity index (χ2v) is 6.13. The molecule has 0 radical (unpaired) electrons. The highest BCUT2D eigenvalue weighted by molar-refractivity contribution is 7.57. The maximum atomic E-state index is 9.87. The van der Waals surface area contributed by atoms with Crippen LogP contribution in [0.25, 0.3) is 0 Å². The summed E-state index contributed by atoms with van der Waals surface area (Å²) in [6.07, 6.45) is 3.90. The number of carbonyl (C=O) groups excluding carboxylic acids is 1. The molecule has 0 spiro atoms. The molecule has 14 heavy (non-hydrogen) atoms. The molecular weight excluding hydrogens is 199 g/mol. The lowest BCUT2D eigenvalue weighted by Gasteiger charge is -2.07. The molecular formula is C10H21O3P. The van der Waals surface area contributed by atoms with Gasteiger partial charge in [0.15, 0.2) is 0 Å².